The quantitative estimate of drug-likeness (QED) is 0.808. The highest BCUT2D eigenvalue weighted by molar-refractivity contribution is 5.77. The lowest BCUT2D eigenvalue weighted by atomic mass is 10.2. The average molecular weight is 235 g/mol. The Morgan fingerprint density at radius 1 is 1.47 bits per heavy atom. The van der Waals surface area contributed by atoms with Gasteiger partial charge in [-0.25, -0.2) is 9.37 Å². The van der Waals surface area contributed by atoms with Crippen LogP contribution in [0.15, 0.2) is 29.3 Å². The summed E-state index contributed by atoms with van der Waals surface area (Å²) in [6, 6.07) is 4.43. The maximum absolute atomic E-state index is 13.4. The van der Waals surface area contributed by atoms with Gasteiger partial charge in [0.05, 0.1) is 11.7 Å². The van der Waals surface area contributed by atoms with E-state index >= 15 is 0 Å². The molecule has 0 aliphatic rings. The zero-order chi connectivity index (χ0) is 12.3. The first kappa shape index (κ1) is 11.7. The van der Waals surface area contributed by atoms with Crippen molar-refractivity contribution in [2.24, 2.45) is 0 Å². The minimum absolute atomic E-state index is 0.141. The molecule has 0 radical (unpaired) electrons. The monoisotopic (exact) mass is 235 g/mol. The van der Waals surface area contributed by atoms with Crippen molar-refractivity contribution in [3.05, 3.63) is 40.7 Å². The number of nitrogens with one attached hydrogen (secondary N) is 1. The standard InChI is InChI=1S/C12H14FN3O/c1-14-6-3-7-16-8-15-11-9(12(16)17)4-2-5-10(11)13/h2,4-5,8,14H,3,6-7H2,1H3. The zero-order valence-electron chi connectivity index (χ0n) is 9.61. The van der Waals surface area contributed by atoms with Crippen LogP contribution in [0.25, 0.3) is 10.9 Å². The lowest BCUT2D eigenvalue weighted by Gasteiger charge is -2.06. The van der Waals surface area contributed by atoms with Gasteiger partial charge in [0.15, 0.2) is 0 Å². The molecule has 0 amide bonds. The van der Waals surface area contributed by atoms with Crippen molar-refractivity contribution >= 4 is 10.9 Å². The van der Waals surface area contributed by atoms with E-state index in [1.807, 2.05) is 7.05 Å². The number of aryl methyl sites for hydroxylation is 1. The highest BCUT2D eigenvalue weighted by Crippen LogP contribution is 2.10. The number of para-hydroxylation sites is 1. The third-order valence-electron chi connectivity index (χ3n) is 2.63. The Kier molecular flexibility index (Phi) is 3.49. The molecule has 0 bridgehead atoms. The van der Waals surface area contributed by atoms with Gasteiger partial charge in [0.2, 0.25) is 0 Å². The van der Waals surface area contributed by atoms with Gasteiger partial charge < -0.3 is 5.32 Å². The van der Waals surface area contributed by atoms with Crippen LogP contribution in [0.5, 0.6) is 0 Å². The summed E-state index contributed by atoms with van der Waals surface area (Å²) in [5.41, 5.74) is -0.0482. The number of hydrogen-bond donors (Lipinski definition) is 1. The molecule has 2 rings (SSSR count). The molecule has 0 aliphatic heterocycles. The van der Waals surface area contributed by atoms with Crippen molar-refractivity contribution < 1.29 is 4.39 Å². The van der Waals surface area contributed by atoms with E-state index in [1.54, 1.807) is 6.07 Å². The Labute approximate surface area is 98.1 Å². The summed E-state index contributed by atoms with van der Waals surface area (Å²) in [6.45, 7) is 1.41. The van der Waals surface area contributed by atoms with Crippen LogP contribution in [-0.2, 0) is 6.54 Å². The van der Waals surface area contributed by atoms with Crippen LogP contribution in [0.2, 0.25) is 0 Å². The lowest BCUT2D eigenvalue weighted by molar-refractivity contribution is 0.591. The molecule has 0 saturated heterocycles. The third-order valence-corrected chi connectivity index (χ3v) is 2.63. The molecule has 0 saturated carbocycles. The van der Waals surface area contributed by atoms with Crippen LogP contribution < -0.4 is 10.9 Å². The largest absolute Gasteiger partial charge is 0.320 e. The molecule has 0 unspecified atom stereocenters. The number of halogens is 1. The Balaban J connectivity index is 2.41. The molecule has 1 heterocycles. The van der Waals surface area contributed by atoms with Gasteiger partial charge in [-0.15, -0.1) is 0 Å². The Hall–Kier alpha value is -1.75. The molecule has 0 fully saturated rings. The number of hydrogen-bond acceptors (Lipinski definition) is 3. The molecule has 17 heavy (non-hydrogen) atoms. The van der Waals surface area contributed by atoms with Gasteiger partial charge in [0, 0.05) is 6.54 Å². The van der Waals surface area contributed by atoms with Gasteiger partial charge in [-0.3, -0.25) is 9.36 Å². The fraction of sp³-hybridized carbons (Fsp3) is 0.333. The molecule has 0 atom stereocenters. The Morgan fingerprint density at radius 3 is 3.06 bits per heavy atom. The summed E-state index contributed by atoms with van der Waals surface area (Å²) in [7, 11) is 1.86. The lowest BCUT2D eigenvalue weighted by Crippen LogP contribution is -2.22. The van der Waals surface area contributed by atoms with Crippen molar-refractivity contribution in [2.45, 2.75) is 13.0 Å². The number of benzene rings is 1. The first-order valence-electron chi connectivity index (χ1n) is 5.52. The van der Waals surface area contributed by atoms with E-state index in [-0.39, 0.29) is 11.1 Å². The Morgan fingerprint density at radius 2 is 2.29 bits per heavy atom. The van der Waals surface area contributed by atoms with Crippen molar-refractivity contribution in [3.8, 4) is 0 Å². The van der Waals surface area contributed by atoms with E-state index in [0.29, 0.717) is 11.9 Å². The molecule has 1 N–H and O–H groups in total. The molecule has 5 heteroatoms. The van der Waals surface area contributed by atoms with E-state index in [0.717, 1.165) is 13.0 Å². The number of rotatable bonds is 4. The number of nitrogens with zero attached hydrogens (tertiary/aromatic N) is 2. The van der Waals surface area contributed by atoms with Gasteiger partial charge in [0.1, 0.15) is 11.3 Å². The maximum Gasteiger partial charge on any atom is 0.261 e. The van der Waals surface area contributed by atoms with Gasteiger partial charge in [-0.2, -0.15) is 0 Å². The van der Waals surface area contributed by atoms with Gasteiger partial charge in [-0.1, -0.05) is 6.07 Å². The molecule has 0 aliphatic carbocycles. The second-order valence-electron chi connectivity index (χ2n) is 3.84. The summed E-state index contributed by atoms with van der Waals surface area (Å²) in [4.78, 5) is 16.0. The first-order valence-corrected chi connectivity index (χ1v) is 5.52. The Bertz CT molecular complexity index is 579. The van der Waals surface area contributed by atoms with Crippen molar-refractivity contribution in [3.63, 3.8) is 0 Å². The predicted octanol–water partition coefficient (Wildman–Crippen LogP) is 1.15. The zero-order valence-corrected chi connectivity index (χ0v) is 9.61. The molecule has 0 spiro atoms. The summed E-state index contributed by atoms with van der Waals surface area (Å²) < 4.78 is 14.9. The van der Waals surface area contributed by atoms with Crippen LogP contribution in [0.3, 0.4) is 0 Å². The number of fused-ring (bicyclic) bond motifs is 1. The third kappa shape index (κ3) is 2.34. The van der Waals surface area contributed by atoms with Gasteiger partial charge in [0.25, 0.3) is 5.56 Å². The van der Waals surface area contributed by atoms with Gasteiger partial charge in [-0.05, 0) is 32.1 Å². The van der Waals surface area contributed by atoms with E-state index in [2.05, 4.69) is 10.3 Å². The summed E-state index contributed by atoms with van der Waals surface area (Å²) in [5, 5.41) is 3.34. The summed E-state index contributed by atoms with van der Waals surface area (Å²) in [6.07, 6.45) is 2.24. The SMILES string of the molecule is CNCCCn1cnc2c(F)cccc2c1=O. The summed E-state index contributed by atoms with van der Waals surface area (Å²) in [5.74, 6) is -0.457. The first-order chi connectivity index (χ1) is 8.24. The normalized spacial score (nSPS) is 10.9. The molecule has 4 nitrogen and oxygen atoms in total. The van der Waals surface area contributed by atoms with Crippen LogP contribution in [-0.4, -0.2) is 23.1 Å². The molecular formula is C12H14FN3O. The summed E-state index contributed by atoms with van der Waals surface area (Å²) >= 11 is 0. The van der Waals surface area contributed by atoms with Crippen LogP contribution in [0, 0.1) is 5.82 Å². The topological polar surface area (TPSA) is 46.9 Å². The van der Waals surface area contributed by atoms with Crippen molar-refractivity contribution in [1.29, 1.82) is 0 Å². The fourth-order valence-electron chi connectivity index (χ4n) is 1.74. The second-order valence-corrected chi connectivity index (χ2v) is 3.84. The van der Waals surface area contributed by atoms with Crippen LogP contribution in [0.4, 0.5) is 4.39 Å². The molecular weight excluding hydrogens is 221 g/mol. The van der Waals surface area contributed by atoms with Crippen LogP contribution in [0.1, 0.15) is 6.42 Å². The predicted molar refractivity (Wildman–Crippen MR) is 64.5 cm³/mol. The van der Waals surface area contributed by atoms with E-state index in [9.17, 15) is 9.18 Å². The molecule has 1 aromatic heterocycles. The molecule has 90 valence electrons. The van der Waals surface area contributed by atoms with Crippen molar-refractivity contribution in [2.75, 3.05) is 13.6 Å². The van der Waals surface area contributed by atoms with E-state index in [1.165, 1.54) is 23.0 Å². The van der Waals surface area contributed by atoms with E-state index < -0.39 is 5.82 Å². The van der Waals surface area contributed by atoms with Crippen LogP contribution >= 0.6 is 0 Å². The highest BCUT2D eigenvalue weighted by Gasteiger charge is 2.06. The number of aromatic nitrogens is 2. The van der Waals surface area contributed by atoms with Gasteiger partial charge >= 0.3 is 0 Å². The fourth-order valence-corrected chi connectivity index (χ4v) is 1.74. The second kappa shape index (κ2) is 5.05. The molecule has 2 aromatic rings. The maximum atomic E-state index is 13.4. The van der Waals surface area contributed by atoms with E-state index in [4.69, 9.17) is 0 Å². The smallest absolute Gasteiger partial charge is 0.261 e. The average Bonchev–Trinajstić information content (AvgIpc) is 2.33. The highest BCUT2D eigenvalue weighted by atomic mass is 19.1. The molecule has 1 aromatic carbocycles. The minimum Gasteiger partial charge on any atom is -0.320 e. The minimum atomic E-state index is -0.457. The van der Waals surface area contributed by atoms with Crippen molar-refractivity contribution in [1.82, 2.24) is 14.9 Å².